The molecule has 3 N–H and O–H groups in total. The predicted octanol–water partition coefficient (Wildman–Crippen LogP) is 3.05. The summed E-state index contributed by atoms with van der Waals surface area (Å²) in [5.74, 6) is 0.451. The van der Waals surface area contributed by atoms with Crippen molar-refractivity contribution in [2.24, 2.45) is 5.73 Å². The summed E-state index contributed by atoms with van der Waals surface area (Å²) < 4.78 is 0. The number of nitrogens with two attached hydrogens (primary N) is 1. The van der Waals surface area contributed by atoms with E-state index in [1.165, 1.54) is 0 Å². The van der Waals surface area contributed by atoms with Gasteiger partial charge in [-0.1, -0.05) is 35.9 Å². The van der Waals surface area contributed by atoms with Gasteiger partial charge >= 0.3 is 0 Å². The first kappa shape index (κ1) is 18.6. The quantitative estimate of drug-likeness (QED) is 0.642. The maximum atomic E-state index is 12.0. The number of nitrogens with one attached hydrogen (secondary N) is 1. The van der Waals surface area contributed by atoms with Gasteiger partial charge in [-0.3, -0.25) is 9.89 Å². The molecule has 1 aliphatic carbocycles. The molecule has 0 unspecified atom stereocenters. The molecule has 1 amide bonds. The van der Waals surface area contributed by atoms with Gasteiger partial charge in [0.2, 0.25) is 5.91 Å². The largest absolute Gasteiger partial charge is 0.369 e. The van der Waals surface area contributed by atoms with E-state index in [1.807, 2.05) is 31.2 Å². The van der Waals surface area contributed by atoms with E-state index in [4.69, 9.17) is 17.3 Å². The molecule has 2 heterocycles. The van der Waals surface area contributed by atoms with Crippen LogP contribution >= 0.6 is 11.6 Å². The van der Waals surface area contributed by atoms with Crippen LogP contribution < -0.4 is 5.73 Å². The first-order valence-corrected chi connectivity index (χ1v) is 9.75. The molecule has 4 rings (SSSR count). The molecular formula is C21H22ClN5O. The standard InChI is InChI=1S/C21H22ClN5O/c1-13-10-15(27-26-13)11-19-24-12-17(22)18(25-19)7-6-14-4-2-3-5-16(14)21(8-9-21)20(23)28/h2-5,10,12H,6-9,11H2,1H3,(H2,23,28)(H,26,27). The highest BCUT2D eigenvalue weighted by atomic mass is 35.5. The van der Waals surface area contributed by atoms with Crippen molar-refractivity contribution < 1.29 is 4.79 Å². The summed E-state index contributed by atoms with van der Waals surface area (Å²) in [7, 11) is 0. The number of H-pyrrole nitrogens is 1. The molecular weight excluding hydrogens is 374 g/mol. The lowest BCUT2D eigenvalue weighted by Crippen LogP contribution is -2.29. The van der Waals surface area contributed by atoms with E-state index in [0.717, 1.165) is 47.5 Å². The summed E-state index contributed by atoms with van der Waals surface area (Å²) in [6.45, 7) is 1.96. The van der Waals surface area contributed by atoms with E-state index in [2.05, 4.69) is 26.2 Å². The molecule has 6 nitrogen and oxygen atoms in total. The number of hydrogen-bond donors (Lipinski definition) is 2. The number of hydrogen-bond acceptors (Lipinski definition) is 4. The summed E-state index contributed by atoms with van der Waals surface area (Å²) >= 11 is 6.34. The molecule has 1 aliphatic rings. The molecule has 1 saturated carbocycles. The van der Waals surface area contributed by atoms with E-state index in [0.29, 0.717) is 23.7 Å². The van der Waals surface area contributed by atoms with Gasteiger partial charge in [0.05, 0.1) is 28.2 Å². The number of aryl methyl sites for hydroxylation is 3. The van der Waals surface area contributed by atoms with Crippen molar-refractivity contribution in [1.82, 2.24) is 20.2 Å². The Bertz CT molecular complexity index is 1030. The second-order valence-electron chi connectivity index (χ2n) is 7.40. The van der Waals surface area contributed by atoms with Crippen molar-refractivity contribution in [1.29, 1.82) is 0 Å². The second-order valence-corrected chi connectivity index (χ2v) is 7.81. The molecule has 2 aromatic heterocycles. The summed E-state index contributed by atoms with van der Waals surface area (Å²) in [5, 5.41) is 7.72. The molecule has 144 valence electrons. The van der Waals surface area contributed by atoms with Crippen molar-refractivity contribution in [2.45, 2.75) is 44.4 Å². The van der Waals surface area contributed by atoms with Crippen LogP contribution in [0.15, 0.2) is 36.5 Å². The van der Waals surface area contributed by atoms with Gasteiger partial charge in [-0.05, 0) is 49.8 Å². The predicted molar refractivity (Wildman–Crippen MR) is 107 cm³/mol. The van der Waals surface area contributed by atoms with Crippen LogP contribution in [0.3, 0.4) is 0 Å². The maximum Gasteiger partial charge on any atom is 0.228 e. The first-order chi connectivity index (χ1) is 13.5. The molecule has 0 aliphatic heterocycles. The van der Waals surface area contributed by atoms with Crippen LogP contribution in [0.25, 0.3) is 0 Å². The average molecular weight is 396 g/mol. The third kappa shape index (κ3) is 3.64. The minimum absolute atomic E-state index is 0.239. The minimum atomic E-state index is -0.491. The fourth-order valence-electron chi connectivity index (χ4n) is 3.66. The molecule has 28 heavy (non-hydrogen) atoms. The number of halogens is 1. The molecule has 3 aromatic rings. The van der Waals surface area contributed by atoms with Crippen LogP contribution in [-0.2, 0) is 29.5 Å². The van der Waals surface area contributed by atoms with Crippen LogP contribution in [0.2, 0.25) is 5.02 Å². The Morgan fingerprint density at radius 1 is 1.29 bits per heavy atom. The zero-order valence-corrected chi connectivity index (χ0v) is 16.5. The number of aromatic amines is 1. The van der Waals surface area contributed by atoms with Crippen LogP contribution in [0.5, 0.6) is 0 Å². The van der Waals surface area contributed by atoms with Gasteiger partial charge < -0.3 is 5.73 Å². The van der Waals surface area contributed by atoms with E-state index < -0.39 is 5.41 Å². The molecule has 0 spiro atoms. The average Bonchev–Trinajstić information content (AvgIpc) is 3.40. The Balaban J connectivity index is 1.53. The van der Waals surface area contributed by atoms with Gasteiger partial charge in [0.1, 0.15) is 5.82 Å². The van der Waals surface area contributed by atoms with Gasteiger partial charge in [0.15, 0.2) is 0 Å². The number of carbonyl (C=O) groups excluding carboxylic acids is 1. The molecule has 0 radical (unpaired) electrons. The molecule has 0 atom stereocenters. The molecule has 1 aromatic carbocycles. The second kappa shape index (κ2) is 7.36. The number of rotatable bonds is 7. The van der Waals surface area contributed by atoms with Crippen LogP contribution in [0, 0.1) is 6.92 Å². The highest BCUT2D eigenvalue weighted by Gasteiger charge is 2.50. The summed E-state index contributed by atoms with van der Waals surface area (Å²) in [5.41, 5.74) is 10.0. The Labute approximate surface area is 168 Å². The Morgan fingerprint density at radius 2 is 2.07 bits per heavy atom. The lowest BCUT2D eigenvalue weighted by molar-refractivity contribution is -0.120. The number of aromatic nitrogens is 4. The normalized spacial score (nSPS) is 14.8. The fourth-order valence-corrected chi connectivity index (χ4v) is 3.85. The Hall–Kier alpha value is -2.73. The first-order valence-electron chi connectivity index (χ1n) is 9.37. The summed E-state index contributed by atoms with van der Waals surface area (Å²) in [6.07, 6.45) is 5.25. The summed E-state index contributed by atoms with van der Waals surface area (Å²) in [6, 6.07) is 10.00. The third-order valence-corrected chi connectivity index (χ3v) is 5.67. The Morgan fingerprint density at radius 3 is 2.75 bits per heavy atom. The summed E-state index contributed by atoms with van der Waals surface area (Å²) in [4.78, 5) is 20.9. The van der Waals surface area contributed by atoms with E-state index in [1.54, 1.807) is 6.20 Å². The maximum absolute atomic E-state index is 12.0. The van der Waals surface area contributed by atoms with Crippen molar-refractivity contribution >= 4 is 17.5 Å². The zero-order valence-electron chi connectivity index (χ0n) is 15.7. The highest BCUT2D eigenvalue weighted by Crippen LogP contribution is 2.49. The molecule has 7 heteroatoms. The Kier molecular flexibility index (Phi) is 4.89. The zero-order chi connectivity index (χ0) is 19.7. The van der Waals surface area contributed by atoms with Crippen molar-refractivity contribution in [3.63, 3.8) is 0 Å². The van der Waals surface area contributed by atoms with Gasteiger partial charge in [-0.2, -0.15) is 5.10 Å². The topological polar surface area (TPSA) is 97.6 Å². The molecule has 1 fully saturated rings. The third-order valence-electron chi connectivity index (χ3n) is 5.35. The number of carbonyl (C=O) groups is 1. The smallest absolute Gasteiger partial charge is 0.228 e. The van der Waals surface area contributed by atoms with E-state index in [9.17, 15) is 4.79 Å². The van der Waals surface area contributed by atoms with Crippen LogP contribution in [0.1, 0.15) is 46.9 Å². The van der Waals surface area contributed by atoms with Gasteiger partial charge in [-0.25, -0.2) is 9.97 Å². The lowest BCUT2D eigenvalue weighted by Gasteiger charge is -2.16. The van der Waals surface area contributed by atoms with Crippen molar-refractivity contribution in [2.75, 3.05) is 0 Å². The molecule has 0 saturated heterocycles. The monoisotopic (exact) mass is 395 g/mol. The number of primary amides is 1. The van der Waals surface area contributed by atoms with Crippen molar-refractivity contribution in [3.8, 4) is 0 Å². The van der Waals surface area contributed by atoms with E-state index >= 15 is 0 Å². The van der Waals surface area contributed by atoms with Crippen LogP contribution in [-0.4, -0.2) is 26.1 Å². The number of benzene rings is 1. The minimum Gasteiger partial charge on any atom is -0.369 e. The highest BCUT2D eigenvalue weighted by molar-refractivity contribution is 6.31. The SMILES string of the molecule is Cc1cc(Cc2ncc(Cl)c(CCc3ccccc3C3(C(N)=O)CC3)n2)n[nH]1. The number of nitrogens with zero attached hydrogens (tertiary/aromatic N) is 3. The number of amides is 1. The van der Waals surface area contributed by atoms with E-state index in [-0.39, 0.29) is 5.91 Å². The fraction of sp³-hybridized carbons (Fsp3) is 0.333. The lowest BCUT2D eigenvalue weighted by atomic mass is 9.88. The van der Waals surface area contributed by atoms with Crippen LogP contribution in [0.4, 0.5) is 0 Å². The van der Waals surface area contributed by atoms with Gasteiger partial charge in [-0.15, -0.1) is 0 Å². The van der Waals surface area contributed by atoms with Crippen molar-refractivity contribution in [3.05, 3.63) is 75.6 Å². The van der Waals surface area contributed by atoms with Gasteiger partial charge in [0.25, 0.3) is 0 Å². The van der Waals surface area contributed by atoms with Gasteiger partial charge in [0, 0.05) is 11.9 Å². The molecule has 0 bridgehead atoms.